The molecule has 1 aliphatic carbocycles. The molecule has 76 valence electrons. The monoisotopic (exact) mass is 193 g/mol. The second kappa shape index (κ2) is 3.05. The number of aryl methyl sites for hydroxylation is 1. The molecule has 14 heavy (non-hydrogen) atoms. The summed E-state index contributed by atoms with van der Waals surface area (Å²) in [6, 6.07) is 0.452. The van der Waals surface area contributed by atoms with Crippen LogP contribution >= 0.6 is 0 Å². The Hall–Kier alpha value is -0.900. The molecule has 0 amide bonds. The first kappa shape index (κ1) is 8.41. The summed E-state index contributed by atoms with van der Waals surface area (Å²) in [5, 5.41) is 8.35. The molecule has 2 aliphatic rings. The number of aromatic nitrogens is 3. The molecule has 4 nitrogen and oxygen atoms in total. The number of nitrogens with zero attached hydrogens (tertiary/aromatic N) is 3. The first-order valence-corrected chi connectivity index (χ1v) is 5.38. The molecule has 1 saturated carbocycles. The van der Waals surface area contributed by atoms with Crippen molar-refractivity contribution in [2.45, 2.75) is 51.4 Å². The summed E-state index contributed by atoms with van der Waals surface area (Å²) in [7, 11) is 0. The fourth-order valence-electron chi connectivity index (χ4n) is 2.57. The Bertz CT molecular complexity index is 347. The third-order valence-corrected chi connectivity index (χ3v) is 3.40. The largest absolute Gasteiger partial charge is 0.370 e. The first-order valence-electron chi connectivity index (χ1n) is 5.38. The smallest absolute Gasteiger partial charge is 0.0908 e. The van der Waals surface area contributed by atoms with E-state index in [1.165, 1.54) is 31.4 Å². The normalized spacial score (nSPS) is 30.9. The summed E-state index contributed by atoms with van der Waals surface area (Å²) in [5.41, 5.74) is 2.20. The van der Waals surface area contributed by atoms with E-state index >= 15 is 0 Å². The summed E-state index contributed by atoms with van der Waals surface area (Å²) >= 11 is 0. The summed E-state index contributed by atoms with van der Waals surface area (Å²) in [6.45, 7) is 2.70. The minimum atomic E-state index is 0.386. The second-order valence-corrected chi connectivity index (χ2v) is 4.27. The third kappa shape index (κ3) is 1.10. The van der Waals surface area contributed by atoms with Gasteiger partial charge in [0.2, 0.25) is 0 Å². The van der Waals surface area contributed by atoms with E-state index in [2.05, 4.69) is 15.0 Å². The zero-order valence-corrected chi connectivity index (χ0v) is 8.44. The van der Waals surface area contributed by atoms with Crippen molar-refractivity contribution in [3.63, 3.8) is 0 Å². The fourth-order valence-corrected chi connectivity index (χ4v) is 2.57. The molecule has 3 rings (SSSR count). The average Bonchev–Trinajstić information content (AvgIpc) is 2.61. The molecular formula is C10H15N3O. The van der Waals surface area contributed by atoms with Gasteiger partial charge in [0.1, 0.15) is 0 Å². The molecule has 2 heterocycles. The van der Waals surface area contributed by atoms with E-state index < -0.39 is 0 Å². The lowest BCUT2D eigenvalue weighted by Crippen LogP contribution is -2.36. The highest BCUT2D eigenvalue weighted by atomic mass is 16.5. The van der Waals surface area contributed by atoms with Crippen LogP contribution in [0.4, 0.5) is 0 Å². The zero-order valence-electron chi connectivity index (χ0n) is 8.44. The van der Waals surface area contributed by atoms with Crippen molar-refractivity contribution in [3.05, 3.63) is 11.4 Å². The summed E-state index contributed by atoms with van der Waals surface area (Å²) in [4.78, 5) is 0. The van der Waals surface area contributed by atoms with Crippen LogP contribution in [0.5, 0.6) is 0 Å². The Morgan fingerprint density at radius 3 is 3.14 bits per heavy atom. The van der Waals surface area contributed by atoms with E-state index in [1.807, 2.05) is 6.92 Å². The molecule has 2 atom stereocenters. The lowest BCUT2D eigenvalue weighted by Gasteiger charge is -2.35. The molecule has 0 unspecified atom stereocenters. The van der Waals surface area contributed by atoms with E-state index in [4.69, 9.17) is 4.74 Å². The SMILES string of the molecule is Cc1nnn2c1CO[C@@H]1CCCC[C@H]12. The topological polar surface area (TPSA) is 39.9 Å². The highest BCUT2D eigenvalue weighted by Gasteiger charge is 2.34. The van der Waals surface area contributed by atoms with Crippen LogP contribution in [0.25, 0.3) is 0 Å². The van der Waals surface area contributed by atoms with Crippen molar-refractivity contribution < 1.29 is 4.74 Å². The van der Waals surface area contributed by atoms with Crippen molar-refractivity contribution >= 4 is 0 Å². The van der Waals surface area contributed by atoms with Gasteiger partial charge in [-0.2, -0.15) is 0 Å². The number of hydrogen-bond acceptors (Lipinski definition) is 3. The standard InChI is InChI=1S/C10H15N3O/c1-7-9-6-14-10-5-3-2-4-8(10)13(9)12-11-7/h8,10H,2-6H2,1H3/t8-,10-/m1/s1. The number of rotatable bonds is 0. The van der Waals surface area contributed by atoms with Crippen molar-refractivity contribution in [2.75, 3.05) is 0 Å². The van der Waals surface area contributed by atoms with Gasteiger partial charge in [-0.25, -0.2) is 4.68 Å². The Labute approximate surface area is 83.2 Å². The van der Waals surface area contributed by atoms with Gasteiger partial charge >= 0.3 is 0 Å². The molecule has 0 N–H and O–H groups in total. The van der Waals surface area contributed by atoms with Crippen LogP contribution in [-0.2, 0) is 11.3 Å². The van der Waals surface area contributed by atoms with Gasteiger partial charge in [0.05, 0.1) is 30.1 Å². The molecule has 0 radical (unpaired) electrons. The van der Waals surface area contributed by atoms with Crippen LogP contribution < -0.4 is 0 Å². The van der Waals surface area contributed by atoms with Crippen molar-refractivity contribution in [1.82, 2.24) is 15.0 Å². The van der Waals surface area contributed by atoms with Crippen LogP contribution in [0, 0.1) is 6.92 Å². The lowest BCUT2D eigenvalue weighted by molar-refractivity contribution is -0.0477. The van der Waals surface area contributed by atoms with Gasteiger partial charge < -0.3 is 4.74 Å². The second-order valence-electron chi connectivity index (χ2n) is 4.27. The van der Waals surface area contributed by atoms with Crippen LogP contribution in [0.2, 0.25) is 0 Å². The van der Waals surface area contributed by atoms with Crippen molar-refractivity contribution in [1.29, 1.82) is 0 Å². The molecule has 4 heteroatoms. The van der Waals surface area contributed by atoms with E-state index in [-0.39, 0.29) is 0 Å². The zero-order chi connectivity index (χ0) is 9.54. The molecule has 1 fully saturated rings. The average molecular weight is 193 g/mol. The first-order chi connectivity index (χ1) is 6.86. The van der Waals surface area contributed by atoms with Gasteiger partial charge in [0, 0.05) is 0 Å². The van der Waals surface area contributed by atoms with Gasteiger partial charge in [0.15, 0.2) is 0 Å². The fraction of sp³-hybridized carbons (Fsp3) is 0.800. The summed E-state index contributed by atoms with van der Waals surface area (Å²) in [6.07, 6.45) is 5.36. The Morgan fingerprint density at radius 2 is 2.21 bits per heavy atom. The highest BCUT2D eigenvalue weighted by Crippen LogP contribution is 2.35. The number of hydrogen-bond donors (Lipinski definition) is 0. The van der Waals surface area contributed by atoms with E-state index in [9.17, 15) is 0 Å². The maximum atomic E-state index is 5.85. The van der Waals surface area contributed by atoms with Crippen LogP contribution in [-0.4, -0.2) is 21.1 Å². The van der Waals surface area contributed by atoms with Crippen LogP contribution in [0.1, 0.15) is 43.1 Å². The van der Waals surface area contributed by atoms with Gasteiger partial charge in [-0.1, -0.05) is 18.1 Å². The minimum Gasteiger partial charge on any atom is -0.370 e. The van der Waals surface area contributed by atoms with Gasteiger partial charge in [-0.15, -0.1) is 5.10 Å². The van der Waals surface area contributed by atoms with Gasteiger partial charge in [-0.05, 0) is 19.8 Å². The molecule has 0 saturated heterocycles. The molecule has 1 aromatic heterocycles. The summed E-state index contributed by atoms with van der Waals surface area (Å²) in [5.74, 6) is 0. The van der Waals surface area contributed by atoms with Gasteiger partial charge in [0.25, 0.3) is 0 Å². The van der Waals surface area contributed by atoms with Crippen molar-refractivity contribution in [3.8, 4) is 0 Å². The molecule has 1 aliphatic heterocycles. The van der Waals surface area contributed by atoms with Crippen LogP contribution in [0.15, 0.2) is 0 Å². The minimum absolute atomic E-state index is 0.386. The van der Waals surface area contributed by atoms with Gasteiger partial charge in [-0.3, -0.25) is 0 Å². The number of ether oxygens (including phenoxy) is 1. The van der Waals surface area contributed by atoms with Crippen LogP contribution in [0.3, 0.4) is 0 Å². The quantitative estimate of drug-likeness (QED) is 0.628. The van der Waals surface area contributed by atoms with E-state index in [1.54, 1.807) is 0 Å². The molecular weight excluding hydrogens is 178 g/mol. The third-order valence-electron chi connectivity index (χ3n) is 3.40. The highest BCUT2D eigenvalue weighted by molar-refractivity contribution is 5.10. The Kier molecular flexibility index (Phi) is 1.83. The van der Waals surface area contributed by atoms with Crippen molar-refractivity contribution in [2.24, 2.45) is 0 Å². The van der Waals surface area contributed by atoms with E-state index in [0.29, 0.717) is 18.8 Å². The number of fused-ring (bicyclic) bond motifs is 3. The Balaban J connectivity index is 1.99. The molecule has 0 aromatic carbocycles. The molecule has 0 bridgehead atoms. The maximum Gasteiger partial charge on any atom is 0.0908 e. The molecule has 1 aromatic rings. The lowest BCUT2D eigenvalue weighted by atomic mass is 9.91. The van der Waals surface area contributed by atoms with E-state index in [0.717, 1.165) is 5.69 Å². The predicted molar refractivity (Wildman–Crippen MR) is 50.8 cm³/mol. The maximum absolute atomic E-state index is 5.85. The molecule has 0 spiro atoms. The Morgan fingerprint density at radius 1 is 1.36 bits per heavy atom. The summed E-state index contributed by atoms with van der Waals surface area (Å²) < 4.78 is 7.95. The predicted octanol–water partition coefficient (Wildman–Crippen LogP) is 1.60.